The maximum absolute atomic E-state index is 8.82. The van der Waals surface area contributed by atoms with E-state index >= 15 is 0 Å². The van der Waals surface area contributed by atoms with Crippen molar-refractivity contribution < 1.29 is 5.11 Å². The number of likely N-dealkylation sites (N-methyl/N-ethyl adjacent to an activating group) is 1. The first kappa shape index (κ1) is 13.5. The molecule has 2 nitrogen and oxygen atoms in total. The molecule has 0 aromatic heterocycles. The van der Waals surface area contributed by atoms with Gasteiger partial charge in [0, 0.05) is 13.1 Å². The summed E-state index contributed by atoms with van der Waals surface area (Å²) in [6.45, 7) is 5.78. The number of benzene rings is 1. The van der Waals surface area contributed by atoms with Crippen LogP contribution in [-0.4, -0.2) is 36.8 Å². The van der Waals surface area contributed by atoms with Gasteiger partial charge in [0.05, 0.1) is 12.0 Å². The first-order valence-electron chi connectivity index (χ1n) is 5.55. The second kappa shape index (κ2) is 6.24. The van der Waals surface area contributed by atoms with Crippen LogP contribution in [0.3, 0.4) is 0 Å². The van der Waals surface area contributed by atoms with Crippen molar-refractivity contribution >= 4 is 11.6 Å². The van der Waals surface area contributed by atoms with E-state index in [0.29, 0.717) is 6.54 Å². The summed E-state index contributed by atoms with van der Waals surface area (Å²) < 4.78 is 0. The zero-order valence-corrected chi connectivity index (χ0v) is 11.0. The number of aliphatic hydroxyl groups is 1. The monoisotopic (exact) mass is 241 g/mol. The third-order valence-electron chi connectivity index (χ3n) is 2.85. The minimum Gasteiger partial charge on any atom is -0.395 e. The van der Waals surface area contributed by atoms with E-state index in [0.717, 1.165) is 12.1 Å². The molecule has 1 aromatic rings. The highest BCUT2D eigenvalue weighted by atomic mass is 35.5. The Labute approximate surface area is 103 Å². The Balaban J connectivity index is 2.65. The Morgan fingerprint density at radius 1 is 1.31 bits per heavy atom. The van der Waals surface area contributed by atoms with Gasteiger partial charge in [0.25, 0.3) is 0 Å². The van der Waals surface area contributed by atoms with Gasteiger partial charge in [0.2, 0.25) is 0 Å². The van der Waals surface area contributed by atoms with Gasteiger partial charge >= 0.3 is 0 Å². The Morgan fingerprint density at radius 3 is 2.56 bits per heavy atom. The second-order valence-electron chi connectivity index (χ2n) is 4.30. The Kier molecular flexibility index (Phi) is 5.26. The molecule has 1 rings (SSSR count). The van der Waals surface area contributed by atoms with Crippen molar-refractivity contribution in [3.63, 3.8) is 0 Å². The van der Waals surface area contributed by atoms with Crippen LogP contribution in [0.4, 0.5) is 0 Å². The summed E-state index contributed by atoms with van der Waals surface area (Å²) in [6.07, 6.45) is 0. The SMILES string of the molecule is Cc1ccc(C(Cl)CN(C)CCO)cc1C. The number of hydrogen-bond acceptors (Lipinski definition) is 2. The van der Waals surface area contributed by atoms with Crippen molar-refractivity contribution in [2.24, 2.45) is 0 Å². The zero-order valence-electron chi connectivity index (χ0n) is 10.2. The minimum absolute atomic E-state index is 0.0177. The standard InChI is InChI=1S/C13H20ClNO/c1-10-4-5-12(8-11(10)2)13(14)9-15(3)6-7-16/h4-5,8,13,16H,6-7,9H2,1-3H3. The fourth-order valence-electron chi connectivity index (χ4n) is 1.60. The van der Waals surface area contributed by atoms with Crippen LogP contribution in [-0.2, 0) is 0 Å². The van der Waals surface area contributed by atoms with Crippen molar-refractivity contribution in [3.8, 4) is 0 Å². The lowest BCUT2D eigenvalue weighted by Gasteiger charge is -2.19. The van der Waals surface area contributed by atoms with Crippen molar-refractivity contribution in [1.82, 2.24) is 4.90 Å². The van der Waals surface area contributed by atoms with E-state index in [1.165, 1.54) is 11.1 Å². The number of aliphatic hydroxyl groups excluding tert-OH is 1. The lowest BCUT2D eigenvalue weighted by Crippen LogP contribution is -2.25. The minimum atomic E-state index is -0.0177. The zero-order chi connectivity index (χ0) is 12.1. The van der Waals surface area contributed by atoms with Gasteiger partial charge in [-0.25, -0.2) is 0 Å². The van der Waals surface area contributed by atoms with Crippen LogP contribution in [0, 0.1) is 13.8 Å². The number of nitrogens with zero attached hydrogens (tertiary/aromatic N) is 1. The van der Waals surface area contributed by atoms with E-state index in [1.54, 1.807) is 0 Å². The number of hydrogen-bond donors (Lipinski definition) is 1. The molecule has 16 heavy (non-hydrogen) atoms. The third kappa shape index (κ3) is 3.78. The van der Waals surface area contributed by atoms with Crippen LogP contribution >= 0.6 is 11.6 Å². The average Bonchev–Trinajstić information content (AvgIpc) is 2.22. The quantitative estimate of drug-likeness (QED) is 0.801. The van der Waals surface area contributed by atoms with E-state index in [9.17, 15) is 0 Å². The normalized spacial score (nSPS) is 13.1. The second-order valence-corrected chi connectivity index (χ2v) is 4.82. The average molecular weight is 242 g/mol. The highest BCUT2D eigenvalue weighted by Gasteiger charge is 2.11. The molecule has 0 saturated heterocycles. The van der Waals surface area contributed by atoms with E-state index in [-0.39, 0.29) is 12.0 Å². The highest BCUT2D eigenvalue weighted by Crippen LogP contribution is 2.23. The summed E-state index contributed by atoms with van der Waals surface area (Å²) in [5.41, 5.74) is 3.71. The van der Waals surface area contributed by atoms with Crippen LogP contribution in [0.1, 0.15) is 22.1 Å². The number of rotatable bonds is 5. The molecule has 90 valence electrons. The molecule has 0 amide bonds. The molecular weight excluding hydrogens is 222 g/mol. The van der Waals surface area contributed by atoms with Crippen LogP contribution in [0.15, 0.2) is 18.2 Å². The van der Waals surface area contributed by atoms with Crippen LogP contribution < -0.4 is 0 Å². The predicted octanol–water partition coefficient (Wildman–Crippen LogP) is 2.51. The van der Waals surface area contributed by atoms with Crippen molar-refractivity contribution in [2.45, 2.75) is 19.2 Å². The molecular formula is C13H20ClNO. The molecule has 1 atom stereocenters. The van der Waals surface area contributed by atoms with E-state index < -0.39 is 0 Å². The van der Waals surface area contributed by atoms with Gasteiger partial charge in [-0.05, 0) is 37.6 Å². The van der Waals surface area contributed by atoms with E-state index in [1.807, 2.05) is 11.9 Å². The third-order valence-corrected chi connectivity index (χ3v) is 3.24. The lowest BCUT2D eigenvalue weighted by molar-refractivity contribution is 0.221. The molecule has 1 N–H and O–H groups in total. The molecule has 1 aromatic carbocycles. The summed E-state index contributed by atoms with van der Waals surface area (Å²) in [6, 6.07) is 6.32. The maximum Gasteiger partial charge on any atom is 0.0712 e. The molecule has 0 bridgehead atoms. The van der Waals surface area contributed by atoms with Crippen LogP contribution in [0.2, 0.25) is 0 Å². The predicted molar refractivity (Wildman–Crippen MR) is 69.1 cm³/mol. The summed E-state index contributed by atoms with van der Waals surface area (Å²) in [5.74, 6) is 0. The van der Waals surface area contributed by atoms with Gasteiger partial charge in [-0.15, -0.1) is 11.6 Å². The van der Waals surface area contributed by atoms with Gasteiger partial charge in [0.15, 0.2) is 0 Å². The molecule has 3 heteroatoms. The van der Waals surface area contributed by atoms with E-state index in [4.69, 9.17) is 16.7 Å². The van der Waals surface area contributed by atoms with Crippen molar-refractivity contribution in [1.29, 1.82) is 0 Å². The van der Waals surface area contributed by atoms with Crippen molar-refractivity contribution in [2.75, 3.05) is 26.7 Å². The number of halogens is 1. The summed E-state index contributed by atoms with van der Waals surface area (Å²) >= 11 is 6.34. The molecule has 0 spiro atoms. The fourth-order valence-corrected chi connectivity index (χ4v) is 1.97. The molecule has 0 heterocycles. The smallest absolute Gasteiger partial charge is 0.0712 e. The van der Waals surface area contributed by atoms with Crippen molar-refractivity contribution in [3.05, 3.63) is 34.9 Å². The van der Waals surface area contributed by atoms with Gasteiger partial charge < -0.3 is 10.0 Å². The largest absolute Gasteiger partial charge is 0.395 e. The van der Waals surface area contributed by atoms with Gasteiger partial charge in [0.1, 0.15) is 0 Å². The van der Waals surface area contributed by atoms with Gasteiger partial charge in [-0.3, -0.25) is 0 Å². The van der Waals surface area contributed by atoms with Gasteiger partial charge in [-0.2, -0.15) is 0 Å². The Morgan fingerprint density at radius 2 is 2.00 bits per heavy atom. The molecule has 0 fully saturated rings. The first-order valence-corrected chi connectivity index (χ1v) is 5.99. The Bertz CT molecular complexity index is 341. The number of alkyl halides is 1. The maximum atomic E-state index is 8.82. The summed E-state index contributed by atoms with van der Waals surface area (Å²) in [5, 5.41) is 8.80. The molecule has 0 radical (unpaired) electrons. The number of aryl methyl sites for hydroxylation is 2. The molecule has 1 unspecified atom stereocenters. The Hall–Kier alpha value is -0.570. The summed E-state index contributed by atoms with van der Waals surface area (Å²) in [4.78, 5) is 2.03. The van der Waals surface area contributed by atoms with E-state index in [2.05, 4.69) is 32.0 Å². The summed E-state index contributed by atoms with van der Waals surface area (Å²) in [7, 11) is 1.96. The topological polar surface area (TPSA) is 23.5 Å². The highest BCUT2D eigenvalue weighted by molar-refractivity contribution is 6.21. The molecule has 0 aliphatic heterocycles. The molecule has 0 aliphatic carbocycles. The molecule has 0 saturated carbocycles. The molecule has 0 aliphatic rings. The first-order chi connectivity index (χ1) is 7.54. The lowest BCUT2D eigenvalue weighted by atomic mass is 10.0. The van der Waals surface area contributed by atoms with Gasteiger partial charge in [-0.1, -0.05) is 18.2 Å². The van der Waals surface area contributed by atoms with Crippen LogP contribution in [0.5, 0.6) is 0 Å². The van der Waals surface area contributed by atoms with Crippen LogP contribution in [0.25, 0.3) is 0 Å². The fraction of sp³-hybridized carbons (Fsp3) is 0.538.